The Bertz CT molecular complexity index is 559. The molecule has 2 rings (SSSR count). The van der Waals surface area contributed by atoms with Crippen LogP contribution in [-0.4, -0.2) is 38.5 Å². The van der Waals surface area contributed by atoms with Crippen LogP contribution in [0.4, 0.5) is 5.69 Å². The highest BCUT2D eigenvalue weighted by Crippen LogP contribution is 2.27. The Morgan fingerprint density at radius 3 is 2.90 bits per heavy atom. The van der Waals surface area contributed by atoms with Crippen LogP contribution in [0.1, 0.15) is 29.7 Å². The second-order valence-corrected chi connectivity index (χ2v) is 5.09. The highest BCUT2D eigenvalue weighted by Gasteiger charge is 2.31. The number of carboxylic acids is 1. The van der Waals surface area contributed by atoms with Crippen molar-refractivity contribution in [3.63, 3.8) is 0 Å². The van der Waals surface area contributed by atoms with Gasteiger partial charge in [-0.1, -0.05) is 0 Å². The number of hydrogen-bond acceptors (Lipinski definition) is 5. The third-order valence-electron chi connectivity index (χ3n) is 3.76. The Morgan fingerprint density at radius 1 is 1.60 bits per heavy atom. The molecule has 1 atom stereocenters. The molecular weight excluding hydrogens is 262 g/mol. The molecule has 1 N–H and O–H groups in total. The Kier molecular flexibility index (Phi) is 3.99. The predicted octanol–water partition coefficient (Wildman–Crippen LogP) is 1.66. The average Bonchev–Trinajstić information content (AvgIpc) is 2.80. The molecule has 1 aromatic rings. The lowest BCUT2D eigenvalue weighted by Crippen LogP contribution is -2.35. The molecule has 1 unspecified atom stereocenters. The van der Waals surface area contributed by atoms with E-state index >= 15 is 0 Å². The summed E-state index contributed by atoms with van der Waals surface area (Å²) in [5.74, 6) is -0.846. The molecule has 1 saturated heterocycles. The minimum atomic E-state index is -0.846. The quantitative estimate of drug-likeness (QED) is 0.665. The number of nitrogens with zero attached hydrogens (tertiary/aromatic N) is 3. The fraction of sp³-hybridized carbons (Fsp3) is 0.538. The molecule has 7 nitrogen and oxygen atoms in total. The van der Waals surface area contributed by atoms with E-state index < -0.39 is 16.9 Å². The molecule has 1 aliphatic heterocycles. The molecule has 0 amide bonds. The van der Waals surface area contributed by atoms with Crippen molar-refractivity contribution < 1.29 is 14.8 Å². The first-order valence-electron chi connectivity index (χ1n) is 6.48. The monoisotopic (exact) mass is 279 g/mol. The van der Waals surface area contributed by atoms with E-state index in [-0.39, 0.29) is 5.69 Å². The van der Waals surface area contributed by atoms with E-state index in [0.717, 1.165) is 6.42 Å². The summed E-state index contributed by atoms with van der Waals surface area (Å²) in [6.07, 6.45) is 2.92. The van der Waals surface area contributed by atoms with E-state index in [0.29, 0.717) is 36.3 Å². The van der Waals surface area contributed by atoms with Crippen molar-refractivity contribution >= 4 is 11.7 Å². The fourth-order valence-electron chi connectivity index (χ4n) is 2.69. The predicted molar refractivity (Wildman–Crippen MR) is 71.4 cm³/mol. The number of aromatic nitrogens is 1. The zero-order chi connectivity index (χ0) is 14.9. The van der Waals surface area contributed by atoms with Crippen LogP contribution in [0, 0.1) is 24.0 Å². The summed E-state index contributed by atoms with van der Waals surface area (Å²) in [5, 5.41) is 20.2. The van der Waals surface area contributed by atoms with Crippen LogP contribution in [0.25, 0.3) is 0 Å². The van der Waals surface area contributed by atoms with Crippen LogP contribution in [0.3, 0.4) is 0 Å². The van der Waals surface area contributed by atoms with Gasteiger partial charge in [0.05, 0.1) is 10.6 Å². The number of likely N-dealkylation sites (tertiary alicyclic amines) is 1. The maximum Gasteiger partial charge on any atom is 0.320 e. The smallest absolute Gasteiger partial charge is 0.320 e. The minimum Gasteiger partial charge on any atom is -0.480 e. The van der Waals surface area contributed by atoms with Crippen molar-refractivity contribution in [1.82, 2.24) is 9.88 Å². The summed E-state index contributed by atoms with van der Waals surface area (Å²) in [6, 6.07) is -0.517. The van der Waals surface area contributed by atoms with Crippen LogP contribution < -0.4 is 0 Å². The first-order valence-corrected chi connectivity index (χ1v) is 6.48. The number of rotatable bonds is 4. The lowest BCUT2D eigenvalue weighted by atomic mass is 10.1. The van der Waals surface area contributed by atoms with Crippen molar-refractivity contribution in [2.75, 3.05) is 6.54 Å². The van der Waals surface area contributed by atoms with Gasteiger partial charge < -0.3 is 5.11 Å². The number of carbonyl (C=O) groups is 1. The van der Waals surface area contributed by atoms with E-state index in [1.165, 1.54) is 6.20 Å². The molecule has 1 aliphatic rings. The van der Waals surface area contributed by atoms with Crippen molar-refractivity contribution in [3.05, 3.63) is 33.1 Å². The highest BCUT2D eigenvalue weighted by atomic mass is 16.6. The summed E-state index contributed by atoms with van der Waals surface area (Å²) in [6.45, 7) is 4.33. The molecule has 0 spiro atoms. The van der Waals surface area contributed by atoms with E-state index in [1.807, 2.05) is 4.90 Å². The van der Waals surface area contributed by atoms with Gasteiger partial charge in [0.2, 0.25) is 0 Å². The van der Waals surface area contributed by atoms with E-state index in [2.05, 4.69) is 4.98 Å². The Morgan fingerprint density at radius 2 is 2.30 bits per heavy atom. The van der Waals surface area contributed by atoms with Gasteiger partial charge in [-0.25, -0.2) is 0 Å². The van der Waals surface area contributed by atoms with Gasteiger partial charge >= 0.3 is 5.97 Å². The number of carboxylic acid groups (broad SMARTS) is 1. The Labute approximate surface area is 116 Å². The first kappa shape index (κ1) is 14.4. The van der Waals surface area contributed by atoms with E-state index in [9.17, 15) is 14.9 Å². The third-order valence-corrected chi connectivity index (χ3v) is 3.76. The molecule has 0 bridgehead atoms. The van der Waals surface area contributed by atoms with Gasteiger partial charge in [-0.3, -0.25) is 24.8 Å². The number of nitro groups is 1. The standard InChI is InChI=1S/C13H17N3O4/c1-8-6-14-10(9(2)12(8)16(19)20)7-15-5-3-4-11(15)13(17)18/h6,11H,3-5,7H2,1-2H3,(H,17,18). The van der Waals surface area contributed by atoms with Gasteiger partial charge in [0.1, 0.15) is 6.04 Å². The third kappa shape index (κ3) is 2.62. The molecule has 1 aromatic heterocycles. The lowest BCUT2D eigenvalue weighted by molar-refractivity contribution is -0.386. The maximum absolute atomic E-state index is 11.1. The van der Waals surface area contributed by atoms with Gasteiger partial charge in [0, 0.05) is 23.9 Å². The maximum atomic E-state index is 11.1. The fourth-order valence-corrected chi connectivity index (χ4v) is 2.69. The molecular formula is C13H17N3O4. The Hall–Kier alpha value is -2.02. The molecule has 20 heavy (non-hydrogen) atoms. The van der Waals surface area contributed by atoms with Gasteiger partial charge in [-0.15, -0.1) is 0 Å². The number of pyridine rings is 1. The van der Waals surface area contributed by atoms with Gasteiger partial charge in [0.25, 0.3) is 5.69 Å². The first-order chi connectivity index (χ1) is 9.41. The molecule has 1 fully saturated rings. The van der Waals surface area contributed by atoms with Crippen molar-refractivity contribution in [2.24, 2.45) is 0 Å². The summed E-state index contributed by atoms with van der Waals surface area (Å²) >= 11 is 0. The number of aliphatic carboxylic acids is 1. The SMILES string of the molecule is Cc1cnc(CN2CCCC2C(=O)O)c(C)c1[N+](=O)[O-]. The number of hydrogen-bond donors (Lipinski definition) is 1. The molecule has 0 aromatic carbocycles. The van der Waals surface area contributed by atoms with Crippen LogP contribution in [-0.2, 0) is 11.3 Å². The lowest BCUT2D eigenvalue weighted by Gasteiger charge is -2.21. The second-order valence-electron chi connectivity index (χ2n) is 5.09. The van der Waals surface area contributed by atoms with Crippen LogP contribution in [0.2, 0.25) is 0 Å². The molecule has 7 heteroatoms. The Balaban J connectivity index is 2.28. The van der Waals surface area contributed by atoms with Crippen LogP contribution in [0.5, 0.6) is 0 Å². The normalized spacial score (nSPS) is 19.2. The summed E-state index contributed by atoms with van der Waals surface area (Å²) in [7, 11) is 0. The largest absolute Gasteiger partial charge is 0.480 e. The topological polar surface area (TPSA) is 96.6 Å². The van der Waals surface area contributed by atoms with Crippen molar-refractivity contribution in [2.45, 2.75) is 39.3 Å². The van der Waals surface area contributed by atoms with Crippen molar-refractivity contribution in [1.29, 1.82) is 0 Å². The summed E-state index contributed by atoms with van der Waals surface area (Å²) < 4.78 is 0. The summed E-state index contributed by atoms with van der Waals surface area (Å²) in [5.41, 5.74) is 1.69. The molecule has 2 heterocycles. The second kappa shape index (κ2) is 5.54. The van der Waals surface area contributed by atoms with Gasteiger partial charge in [0.15, 0.2) is 0 Å². The average molecular weight is 279 g/mol. The minimum absolute atomic E-state index is 0.0704. The molecule has 108 valence electrons. The van der Waals surface area contributed by atoms with Gasteiger partial charge in [-0.2, -0.15) is 0 Å². The van der Waals surface area contributed by atoms with Gasteiger partial charge in [-0.05, 0) is 33.2 Å². The van der Waals surface area contributed by atoms with E-state index in [1.54, 1.807) is 13.8 Å². The molecule has 0 radical (unpaired) electrons. The highest BCUT2D eigenvalue weighted by molar-refractivity contribution is 5.73. The van der Waals surface area contributed by atoms with Crippen molar-refractivity contribution in [3.8, 4) is 0 Å². The summed E-state index contributed by atoms with van der Waals surface area (Å²) in [4.78, 5) is 27.9. The zero-order valence-corrected chi connectivity index (χ0v) is 11.5. The zero-order valence-electron chi connectivity index (χ0n) is 11.5. The number of aryl methyl sites for hydroxylation is 1. The van der Waals surface area contributed by atoms with Crippen LogP contribution in [0.15, 0.2) is 6.20 Å². The molecule has 0 aliphatic carbocycles. The molecule has 0 saturated carbocycles. The van der Waals surface area contributed by atoms with E-state index in [4.69, 9.17) is 5.11 Å². The van der Waals surface area contributed by atoms with Crippen LogP contribution >= 0.6 is 0 Å².